The monoisotopic (exact) mass is 472 g/mol. The molecule has 164 valence electrons. The van der Waals surface area contributed by atoms with Crippen LogP contribution in [0, 0.1) is 12.4 Å². The van der Waals surface area contributed by atoms with Crippen LogP contribution in [0.4, 0.5) is 0 Å². The van der Waals surface area contributed by atoms with Gasteiger partial charge >= 0.3 is 41.0 Å². The van der Waals surface area contributed by atoms with E-state index in [1.807, 2.05) is 0 Å². The summed E-state index contributed by atoms with van der Waals surface area (Å²) in [4.78, 5) is 30.7. The van der Waals surface area contributed by atoms with Gasteiger partial charge in [-0.25, -0.2) is 14.4 Å². The molecular weight excluding hydrogens is 456 g/mol. The zero-order valence-electron chi connectivity index (χ0n) is 16.4. The molecule has 0 bridgehead atoms. The third-order valence-electron chi connectivity index (χ3n) is 3.35. The van der Waals surface area contributed by atoms with Crippen molar-refractivity contribution in [2.45, 2.75) is 0 Å². The van der Waals surface area contributed by atoms with Crippen LogP contribution in [-0.4, -0.2) is 56.3 Å². The Morgan fingerprint density at radius 3 is 0.812 bits per heavy atom. The van der Waals surface area contributed by atoms with Gasteiger partial charge in [0.05, 0.1) is 29.1 Å². The molecule has 3 rings (SSSR count). The number of para-hydroxylation sites is 3. The number of carboxylic acids is 3. The molecule has 0 radical (unpaired) electrons. The van der Waals surface area contributed by atoms with Gasteiger partial charge in [-0.1, -0.05) is 71.8 Å². The van der Waals surface area contributed by atoms with Gasteiger partial charge in [0, 0.05) is 0 Å². The normalized spacial score (nSPS) is 8.62. The van der Waals surface area contributed by atoms with Crippen LogP contribution in [0.5, 0.6) is 17.2 Å². The number of halogens is 1. The van der Waals surface area contributed by atoms with Crippen molar-refractivity contribution in [3.05, 3.63) is 89.5 Å². The second-order valence-corrected chi connectivity index (χ2v) is 5.40. The molecule has 0 atom stereocenters. The Labute approximate surface area is 204 Å². The second-order valence-electron chi connectivity index (χ2n) is 5.40. The van der Waals surface area contributed by atoms with Crippen molar-refractivity contribution in [3.8, 4) is 17.2 Å². The molecule has 9 nitrogen and oxygen atoms in total. The summed E-state index contributed by atoms with van der Waals surface area (Å²) in [7, 11) is 0. The molecule has 0 aliphatic heterocycles. The molecule has 3 N–H and O–H groups in total. The topological polar surface area (TPSA) is 181 Å². The van der Waals surface area contributed by atoms with E-state index in [0.717, 1.165) is 0 Å². The van der Waals surface area contributed by atoms with Crippen LogP contribution >= 0.6 is 0 Å². The molecule has 32 heavy (non-hydrogen) atoms. The number of carbonyl (C=O) groups is 3. The standard InChI is InChI=1S/3C7H6O3.ClH2.Mg/c3*8-6-4-2-1-3-5(6)7(9)10;;/h3*1-4,8H,(H,9,10);1H2;/q;;;+1;+2/p-3. The maximum Gasteiger partial charge on any atom is 2.00 e. The molecule has 3 aromatic carbocycles. The molecule has 0 spiro atoms. The summed E-state index contributed by atoms with van der Waals surface area (Å²) < 4.78 is 0. The van der Waals surface area contributed by atoms with E-state index in [9.17, 15) is 29.7 Å². The van der Waals surface area contributed by atoms with E-state index in [2.05, 4.69) is 0 Å². The molecule has 0 unspecified atom stereocenters. The van der Waals surface area contributed by atoms with Gasteiger partial charge in [-0.05, 0) is 18.2 Å². The summed E-state index contributed by atoms with van der Waals surface area (Å²) in [5.41, 5.74) is -0.535. The van der Waals surface area contributed by atoms with Crippen molar-refractivity contribution >= 4 is 41.0 Å². The van der Waals surface area contributed by atoms with Gasteiger partial charge in [-0.3, -0.25) is 0 Å². The number of hydrogen-bond donors (Lipinski definition) is 3. The molecular formula is C21H17ClMgO9. The molecule has 0 aliphatic carbocycles. The number of hydrogen-bond acceptors (Lipinski definition) is 6. The van der Waals surface area contributed by atoms with Gasteiger partial charge in [0.15, 0.2) is 0 Å². The Kier molecular flexibility index (Phi) is 14.7. The largest absolute Gasteiger partial charge is 2.00 e. The van der Waals surface area contributed by atoms with E-state index in [1.165, 1.54) is 72.8 Å². The Hall–Kier alpha value is -3.47. The van der Waals surface area contributed by atoms with Crippen LogP contribution in [-0.2, 0) is 0 Å². The second kappa shape index (κ2) is 15.3. The van der Waals surface area contributed by atoms with E-state index in [0.29, 0.717) is 0 Å². The fourth-order valence-electron chi connectivity index (χ4n) is 1.93. The molecule has 0 heterocycles. The maximum absolute atomic E-state index is 10.7. The minimum absolute atomic E-state index is 0. The Bertz CT molecular complexity index is 909. The Balaban J connectivity index is 0. The van der Waals surface area contributed by atoms with Crippen LogP contribution in [0.1, 0.15) is 31.1 Å². The zero-order chi connectivity index (χ0) is 22.7. The van der Waals surface area contributed by atoms with Crippen LogP contribution in [0.25, 0.3) is 0 Å². The predicted octanol–water partition coefficient (Wildman–Crippen LogP) is 0.459. The Morgan fingerprint density at radius 1 is 0.500 bits per heavy atom. The summed E-state index contributed by atoms with van der Waals surface area (Å²) in [5, 5.41) is 57.1. The first-order chi connectivity index (χ1) is 14.1. The fraction of sp³-hybridized carbons (Fsp3) is 0. The van der Waals surface area contributed by atoms with Gasteiger partial charge in [0.2, 0.25) is 0 Å². The molecule has 3 aromatic rings. The number of carboxylic acid groups (broad SMARTS) is 3. The van der Waals surface area contributed by atoms with Crippen LogP contribution in [0.2, 0.25) is 0 Å². The number of aromatic carboxylic acids is 3. The molecule has 0 aliphatic rings. The molecule has 0 amide bonds. The number of rotatable bonds is 3. The number of benzene rings is 3. The van der Waals surface area contributed by atoms with Crippen molar-refractivity contribution < 1.29 is 57.4 Å². The minimum Gasteiger partial charge on any atom is -0.872 e. The van der Waals surface area contributed by atoms with Crippen LogP contribution < -0.4 is 15.3 Å². The van der Waals surface area contributed by atoms with Gasteiger partial charge in [-0.2, -0.15) is 0 Å². The van der Waals surface area contributed by atoms with Crippen molar-refractivity contribution in [1.82, 2.24) is 0 Å². The SMILES string of the molecule is O=C(O)c1ccccc1[O-].O=C(O)c1ccccc1[O-].O=C(O)c1ccccc1[O-].[ClH2+].[Mg+2]. The molecule has 11 heteroatoms. The van der Waals surface area contributed by atoms with E-state index in [1.54, 1.807) is 0 Å². The van der Waals surface area contributed by atoms with Gasteiger partial charge in [-0.15, -0.1) is 0 Å². The van der Waals surface area contributed by atoms with Gasteiger partial charge in [0.1, 0.15) is 0 Å². The third-order valence-corrected chi connectivity index (χ3v) is 3.35. The van der Waals surface area contributed by atoms with E-state index in [-0.39, 0.29) is 52.2 Å². The van der Waals surface area contributed by atoms with Gasteiger partial charge < -0.3 is 30.6 Å². The van der Waals surface area contributed by atoms with Crippen molar-refractivity contribution in [2.75, 3.05) is 0 Å². The summed E-state index contributed by atoms with van der Waals surface area (Å²) in [6.07, 6.45) is 0. The first-order valence-corrected chi connectivity index (χ1v) is 8.13. The minimum atomic E-state index is -1.18. The quantitative estimate of drug-likeness (QED) is 0.455. The first-order valence-electron chi connectivity index (χ1n) is 8.13. The van der Waals surface area contributed by atoms with Crippen molar-refractivity contribution in [1.29, 1.82) is 0 Å². The van der Waals surface area contributed by atoms with Gasteiger partial charge in [0.25, 0.3) is 0 Å². The molecule has 0 saturated heterocycles. The molecule has 0 saturated carbocycles. The zero-order valence-corrected chi connectivity index (χ0v) is 18.7. The van der Waals surface area contributed by atoms with E-state index >= 15 is 0 Å². The summed E-state index contributed by atoms with van der Waals surface area (Å²) in [6, 6.07) is 16.6. The van der Waals surface area contributed by atoms with E-state index in [4.69, 9.17) is 15.3 Å². The van der Waals surface area contributed by atoms with Crippen molar-refractivity contribution in [3.63, 3.8) is 0 Å². The Morgan fingerprint density at radius 2 is 0.688 bits per heavy atom. The fourth-order valence-corrected chi connectivity index (χ4v) is 1.93. The summed E-state index contributed by atoms with van der Waals surface area (Å²) in [5.74, 6) is -4.87. The third kappa shape index (κ3) is 10.0. The van der Waals surface area contributed by atoms with E-state index < -0.39 is 35.2 Å². The average molecular weight is 473 g/mol. The molecule has 0 aromatic heterocycles. The maximum atomic E-state index is 10.7. The first kappa shape index (κ1) is 30.7. The summed E-state index contributed by atoms with van der Waals surface area (Å²) >= 11 is 0. The average Bonchev–Trinajstić information content (AvgIpc) is 2.69. The predicted molar refractivity (Wildman–Crippen MR) is 107 cm³/mol. The smallest absolute Gasteiger partial charge is 0.872 e. The molecule has 0 fully saturated rings. The summed E-state index contributed by atoms with van der Waals surface area (Å²) in [6.45, 7) is 0. The van der Waals surface area contributed by atoms with Crippen LogP contribution in [0.3, 0.4) is 0 Å². The van der Waals surface area contributed by atoms with Crippen molar-refractivity contribution in [2.24, 2.45) is 0 Å². The van der Waals surface area contributed by atoms with Crippen LogP contribution in [0.15, 0.2) is 72.8 Å².